The average molecular weight is 267 g/mol. The molecule has 0 spiro atoms. The topological polar surface area (TPSA) is 37.8 Å². The van der Waals surface area contributed by atoms with Gasteiger partial charge >= 0.3 is 5.69 Å². The summed E-state index contributed by atoms with van der Waals surface area (Å²) in [7, 11) is 0. The molecule has 1 atom stereocenters. The summed E-state index contributed by atoms with van der Waals surface area (Å²) < 4.78 is 2.69. The fraction of sp³-hybridized carbons (Fsp3) is 0.182. The Labute approximate surface area is 95.9 Å². The molecule has 0 amide bonds. The smallest absolute Gasteiger partial charge is 0.313 e. The zero-order chi connectivity index (χ0) is 10.8. The second-order valence-electron chi connectivity index (χ2n) is 3.40. The van der Waals surface area contributed by atoms with Gasteiger partial charge in [-0.1, -0.05) is 28.1 Å². The van der Waals surface area contributed by atoms with Crippen molar-refractivity contribution in [3.05, 3.63) is 57.2 Å². The van der Waals surface area contributed by atoms with E-state index in [1.54, 1.807) is 17.0 Å². The number of benzene rings is 1. The minimum atomic E-state index is -0.0810. The van der Waals surface area contributed by atoms with Crippen LogP contribution >= 0.6 is 15.9 Å². The molecule has 1 aromatic carbocycles. The van der Waals surface area contributed by atoms with Crippen LogP contribution in [0.4, 0.5) is 0 Å². The lowest BCUT2D eigenvalue weighted by Gasteiger charge is -2.12. The highest BCUT2D eigenvalue weighted by atomic mass is 79.9. The van der Waals surface area contributed by atoms with Crippen LogP contribution < -0.4 is 5.69 Å². The molecule has 0 fully saturated rings. The lowest BCUT2D eigenvalue weighted by atomic mass is 10.1. The standard InChI is InChI=1S/C11H11BrN2O/c1-8(14-6-5-13-11(14)15)9-3-2-4-10(12)7-9/h2-8H,1H3,(H,13,15). The highest BCUT2D eigenvalue weighted by Crippen LogP contribution is 2.19. The molecule has 1 aromatic heterocycles. The van der Waals surface area contributed by atoms with Crippen molar-refractivity contribution in [2.75, 3.05) is 0 Å². The number of aromatic nitrogens is 2. The van der Waals surface area contributed by atoms with Crippen LogP contribution in [0, 0.1) is 0 Å². The average Bonchev–Trinajstić information content (AvgIpc) is 2.63. The van der Waals surface area contributed by atoms with Gasteiger partial charge in [0.15, 0.2) is 0 Å². The molecule has 2 aromatic rings. The predicted octanol–water partition coefficient (Wildman–Crippen LogP) is 2.55. The number of aromatic amines is 1. The van der Waals surface area contributed by atoms with E-state index in [1.807, 2.05) is 31.2 Å². The fourth-order valence-corrected chi connectivity index (χ4v) is 1.98. The summed E-state index contributed by atoms with van der Waals surface area (Å²) in [6.07, 6.45) is 3.41. The summed E-state index contributed by atoms with van der Waals surface area (Å²) in [5.74, 6) is 0. The van der Waals surface area contributed by atoms with Crippen molar-refractivity contribution in [1.82, 2.24) is 9.55 Å². The monoisotopic (exact) mass is 266 g/mol. The van der Waals surface area contributed by atoms with Crippen molar-refractivity contribution in [3.63, 3.8) is 0 Å². The number of nitrogens with zero attached hydrogens (tertiary/aromatic N) is 1. The first kappa shape index (κ1) is 10.2. The van der Waals surface area contributed by atoms with Gasteiger partial charge in [0.25, 0.3) is 0 Å². The number of halogens is 1. The van der Waals surface area contributed by atoms with Crippen molar-refractivity contribution in [1.29, 1.82) is 0 Å². The predicted molar refractivity (Wildman–Crippen MR) is 63.0 cm³/mol. The summed E-state index contributed by atoms with van der Waals surface area (Å²) in [4.78, 5) is 14.0. The normalized spacial score (nSPS) is 12.7. The number of hydrogen-bond donors (Lipinski definition) is 1. The van der Waals surface area contributed by atoms with Crippen LogP contribution in [0.3, 0.4) is 0 Å². The van der Waals surface area contributed by atoms with E-state index in [1.165, 1.54) is 0 Å². The molecule has 0 saturated heterocycles. The van der Waals surface area contributed by atoms with E-state index >= 15 is 0 Å². The summed E-state index contributed by atoms with van der Waals surface area (Å²) >= 11 is 3.42. The van der Waals surface area contributed by atoms with Gasteiger partial charge in [-0.3, -0.25) is 4.57 Å². The minimum Gasteiger partial charge on any atom is -0.313 e. The van der Waals surface area contributed by atoms with Crippen molar-refractivity contribution in [2.45, 2.75) is 13.0 Å². The van der Waals surface area contributed by atoms with Crippen molar-refractivity contribution < 1.29 is 0 Å². The second kappa shape index (κ2) is 4.06. The lowest BCUT2D eigenvalue weighted by molar-refractivity contribution is 0.616. The van der Waals surface area contributed by atoms with Crippen LogP contribution in [-0.2, 0) is 0 Å². The van der Waals surface area contributed by atoms with E-state index in [2.05, 4.69) is 20.9 Å². The van der Waals surface area contributed by atoms with Crippen LogP contribution in [0.25, 0.3) is 0 Å². The van der Waals surface area contributed by atoms with Gasteiger partial charge < -0.3 is 4.98 Å². The molecule has 0 saturated carbocycles. The molecule has 0 radical (unpaired) electrons. The van der Waals surface area contributed by atoms with E-state index in [-0.39, 0.29) is 11.7 Å². The molecule has 1 heterocycles. The molecule has 78 valence electrons. The summed E-state index contributed by atoms with van der Waals surface area (Å²) in [5, 5.41) is 0. The van der Waals surface area contributed by atoms with Gasteiger partial charge in [0.2, 0.25) is 0 Å². The number of H-pyrrole nitrogens is 1. The number of imidazole rings is 1. The minimum absolute atomic E-state index is 0.0428. The van der Waals surface area contributed by atoms with Crippen LogP contribution in [0.5, 0.6) is 0 Å². The largest absolute Gasteiger partial charge is 0.326 e. The van der Waals surface area contributed by atoms with Crippen molar-refractivity contribution in [2.24, 2.45) is 0 Å². The number of nitrogens with one attached hydrogen (secondary N) is 1. The first-order valence-corrected chi connectivity index (χ1v) is 5.49. The molecule has 0 aliphatic heterocycles. The Morgan fingerprint density at radius 3 is 2.87 bits per heavy atom. The summed E-state index contributed by atoms with van der Waals surface area (Å²) in [6.45, 7) is 2.00. The van der Waals surface area contributed by atoms with Crippen LogP contribution in [0.1, 0.15) is 18.5 Å². The van der Waals surface area contributed by atoms with Gasteiger partial charge in [0.05, 0.1) is 6.04 Å². The highest BCUT2D eigenvalue weighted by Gasteiger charge is 2.09. The molecule has 4 heteroatoms. The van der Waals surface area contributed by atoms with E-state index in [4.69, 9.17) is 0 Å². The zero-order valence-electron chi connectivity index (χ0n) is 8.27. The molecule has 0 aliphatic carbocycles. The van der Waals surface area contributed by atoms with Gasteiger partial charge in [-0.25, -0.2) is 4.79 Å². The third-order valence-electron chi connectivity index (χ3n) is 2.42. The Balaban J connectivity index is 2.41. The molecule has 1 N–H and O–H groups in total. The van der Waals surface area contributed by atoms with Gasteiger partial charge in [0.1, 0.15) is 0 Å². The van der Waals surface area contributed by atoms with E-state index < -0.39 is 0 Å². The molecule has 1 unspecified atom stereocenters. The lowest BCUT2D eigenvalue weighted by Crippen LogP contribution is -2.20. The number of rotatable bonds is 2. The zero-order valence-corrected chi connectivity index (χ0v) is 9.86. The molecule has 2 rings (SSSR count). The maximum absolute atomic E-state index is 11.4. The molecule has 15 heavy (non-hydrogen) atoms. The first-order chi connectivity index (χ1) is 7.18. The molecule has 0 bridgehead atoms. The third-order valence-corrected chi connectivity index (χ3v) is 2.92. The molecule has 0 aliphatic rings. The van der Waals surface area contributed by atoms with E-state index in [0.717, 1.165) is 10.0 Å². The quantitative estimate of drug-likeness (QED) is 0.892. The van der Waals surface area contributed by atoms with E-state index in [0.29, 0.717) is 0 Å². The Morgan fingerprint density at radius 1 is 1.47 bits per heavy atom. The molecular formula is C11H11BrN2O. The Bertz CT molecular complexity index is 515. The Morgan fingerprint density at radius 2 is 2.27 bits per heavy atom. The van der Waals surface area contributed by atoms with Crippen LogP contribution in [0.15, 0.2) is 45.9 Å². The van der Waals surface area contributed by atoms with Gasteiger partial charge in [-0.15, -0.1) is 0 Å². The van der Waals surface area contributed by atoms with Gasteiger partial charge in [-0.05, 0) is 24.6 Å². The molecular weight excluding hydrogens is 256 g/mol. The Kier molecular flexibility index (Phi) is 2.77. The third kappa shape index (κ3) is 2.04. The fourth-order valence-electron chi connectivity index (χ4n) is 1.56. The summed E-state index contributed by atoms with van der Waals surface area (Å²) in [6, 6.07) is 8.00. The van der Waals surface area contributed by atoms with Crippen LogP contribution in [0.2, 0.25) is 0 Å². The maximum atomic E-state index is 11.4. The van der Waals surface area contributed by atoms with Crippen LogP contribution in [-0.4, -0.2) is 9.55 Å². The number of hydrogen-bond acceptors (Lipinski definition) is 1. The highest BCUT2D eigenvalue weighted by molar-refractivity contribution is 9.10. The van der Waals surface area contributed by atoms with Gasteiger partial charge in [0, 0.05) is 16.9 Å². The second-order valence-corrected chi connectivity index (χ2v) is 4.32. The van der Waals surface area contributed by atoms with E-state index in [9.17, 15) is 4.79 Å². The summed E-state index contributed by atoms with van der Waals surface area (Å²) in [5.41, 5.74) is 1.02. The first-order valence-electron chi connectivity index (χ1n) is 4.69. The van der Waals surface area contributed by atoms with Crippen molar-refractivity contribution >= 4 is 15.9 Å². The SMILES string of the molecule is CC(c1cccc(Br)c1)n1cc[nH]c1=O. The maximum Gasteiger partial charge on any atom is 0.326 e. The van der Waals surface area contributed by atoms with Crippen molar-refractivity contribution in [3.8, 4) is 0 Å². The van der Waals surface area contributed by atoms with Gasteiger partial charge in [-0.2, -0.15) is 0 Å². The molecule has 3 nitrogen and oxygen atoms in total. The Hall–Kier alpha value is -1.29.